The van der Waals surface area contributed by atoms with E-state index in [1.165, 1.54) is 0 Å². The van der Waals surface area contributed by atoms with Crippen molar-refractivity contribution in [3.8, 4) is 11.8 Å². The van der Waals surface area contributed by atoms with Crippen LogP contribution in [0.3, 0.4) is 0 Å². The van der Waals surface area contributed by atoms with Gasteiger partial charge in [0.15, 0.2) is 6.10 Å². The maximum absolute atomic E-state index is 12.5. The lowest BCUT2D eigenvalue weighted by Gasteiger charge is -2.16. The third kappa shape index (κ3) is 5.14. The van der Waals surface area contributed by atoms with E-state index < -0.39 is 6.10 Å². The van der Waals surface area contributed by atoms with E-state index in [2.05, 4.69) is 10.4 Å². The molecule has 1 heterocycles. The largest absolute Gasteiger partial charge is 0.481 e. The van der Waals surface area contributed by atoms with Crippen LogP contribution in [0.2, 0.25) is 0 Å². The SMILES string of the molecule is CC(Oc1ccc(C#N)cc1)C(=O)Nc1ccnn1Cc1ccc(N(C)C)cc1. The van der Waals surface area contributed by atoms with E-state index in [0.29, 0.717) is 23.7 Å². The Hall–Kier alpha value is -3.79. The van der Waals surface area contributed by atoms with E-state index in [1.54, 1.807) is 48.1 Å². The summed E-state index contributed by atoms with van der Waals surface area (Å²) in [4.78, 5) is 14.6. The molecule has 0 aliphatic heterocycles. The molecule has 148 valence electrons. The standard InChI is InChI=1S/C22H23N5O2/c1-16(29-20-10-6-17(14-23)7-11-20)22(28)25-21-12-13-24-27(21)15-18-4-8-19(9-5-18)26(2)3/h4-13,16H,15H2,1-3H3,(H,25,28). The molecule has 1 amide bonds. The van der Waals surface area contributed by atoms with Gasteiger partial charge in [0, 0.05) is 25.8 Å². The van der Waals surface area contributed by atoms with E-state index in [9.17, 15) is 4.79 Å². The fourth-order valence-electron chi connectivity index (χ4n) is 2.73. The van der Waals surface area contributed by atoms with Crippen molar-refractivity contribution >= 4 is 17.4 Å². The van der Waals surface area contributed by atoms with Crippen molar-refractivity contribution in [1.29, 1.82) is 5.26 Å². The number of nitrogens with one attached hydrogen (secondary N) is 1. The predicted molar refractivity (Wildman–Crippen MR) is 112 cm³/mol. The third-order valence-corrected chi connectivity index (χ3v) is 4.42. The molecule has 0 aliphatic carbocycles. The zero-order valence-corrected chi connectivity index (χ0v) is 16.7. The van der Waals surface area contributed by atoms with E-state index in [-0.39, 0.29) is 5.91 Å². The molecule has 0 fully saturated rings. The highest BCUT2D eigenvalue weighted by atomic mass is 16.5. The molecule has 2 aromatic carbocycles. The second kappa shape index (κ2) is 8.93. The number of hydrogen-bond donors (Lipinski definition) is 1. The number of hydrogen-bond acceptors (Lipinski definition) is 5. The number of ether oxygens (including phenoxy) is 1. The van der Waals surface area contributed by atoms with Crippen LogP contribution in [0.4, 0.5) is 11.5 Å². The van der Waals surface area contributed by atoms with E-state index >= 15 is 0 Å². The van der Waals surface area contributed by atoms with Crippen LogP contribution in [0.5, 0.6) is 5.75 Å². The van der Waals surface area contributed by atoms with E-state index in [0.717, 1.165) is 11.3 Å². The third-order valence-electron chi connectivity index (χ3n) is 4.42. The molecule has 0 saturated heterocycles. The number of amides is 1. The molecule has 1 atom stereocenters. The lowest BCUT2D eigenvalue weighted by Crippen LogP contribution is -2.31. The maximum Gasteiger partial charge on any atom is 0.266 e. The van der Waals surface area contributed by atoms with Gasteiger partial charge >= 0.3 is 0 Å². The fourth-order valence-corrected chi connectivity index (χ4v) is 2.73. The molecular formula is C22H23N5O2. The van der Waals surface area contributed by atoms with Gasteiger partial charge in [0.2, 0.25) is 0 Å². The normalized spacial score (nSPS) is 11.4. The van der Waals surface area contributed by atoms with Crippen molar-refractivity contribution in [1.82, 2.24) is 9.78 Å². The second-order valence-corrected chi connectivity index (χ2v) is 6.82. The fraction of sp³-hybridized carbons (Fsp3) is 0.227. The number of carbonyl (C=O) groups is 1. The van der Waals surface area contributed by atoms with E-state index in [1.807, 2.05) is 49.3 Å². The summed E-state index contributed by atoms with van der Waals surface area (Å²) in [5, 5.41) is 16.0. The van der Waals surface area contributed by atoms with Crippen molar-refractivity contribution in [3.63, 3.8) is 0 Å². The number of carbonyl (C=O) groups excluding carboxylic acids is 1. The first-order chi connectivity index (χ1) is 14.0. The maximum atomic E-state index is 12.5. The van der Waals surface area contributed by atoms with Gasteiger partial charge in [-0.05, 0) is 48.9 Å². The van der Waals surface area contributed by atoms with Gasteiger partial charge in [-0.2, -0.15) is 10.4 Å². The highest BCUT2D eigenvalue weighted by Crippen LogP contribution is 2.17. The first kappa shape index (κ1) is 20.0. The van der Waals surface area contributed by atoms with Crippen molar-refractivity contribution in [2.75, 3.05) is 24.3 Å². The number of rotatable bonds is 7. The molecule has 29 heavy (non-hydrogen) atoms. The Bertz CT molecular complexity index is 1000. The molecule has 0 spiro atoms. The van der Waals surface area contributed by atoms with Gasteiger partial charge in [-0.15, -0.1) is 0 Å². The lowest BCUT2D eigenvalue weighted by atomic mass is 10.2. The molecule has 3 aromatic rings. The van der Waals surface area contributed by atoms with Crippen molar-refractivity contribution in [3.05, 3.63) is 71.9 Å². The zero-order chi connectivity index (χ0) is 20.8. The minimum atomic E-state index is -0.703. The summed E-state index contributed by atoms with van der Waals surface area (Å²) in [6.45, 7) is 2.22. The average Bonchev–Trinajstić information content (AvgIpc) is 3.15. The Labute approximate surface area is 170 Å². The summed E-state index contributed by atoms with van der Waals surface area (Å²) < 4.78 is 7.40. The summed E-state index contributed by atoms with van der Waals surface area (Å²) in [6, 6.07) is 18.6. The molecule has 0 aliphatic rings. The second-order valence-electron chi connectivity index (χ2n) is 6.82. The smallest absolute Gasteiger partial charge is 0.266 e. The van der Waals surface area contributed by atoms with Gasteiger partial charge in [-0.1, -0.05) is 12.1 Å². The van der Waals surface area contributed by atoms with Crippen LogP contribution in [-0.4, -0.2) is 35.9 Å². The molecule has 0 saturated carbocycles. The summed E-state index contributed by atoms with van der Waals surface area (Å²) >= 11 is 0. The van der Waals surface area contributed by atoms with Crippen LogP contribution in [0.1, 0.15) is 18.1 Å². The predicted octanol–water partition coefficient (Wildman–Crippen LogP) is 3.28. The molecule has 0 radical (unpaired) electrons. The minimum Gasteiger partial charge on any atom is -0.481 e. The first-order valence-electron chi connectivity index (χ1n) is 9.22. The Morgan fingerprint density at radius 2 is 1.86 bits per heavy atom. The van der Waals surface area contributed by atoms with Gasteiger partial charge in [-0.25, -0.2) is 4.68 Å². The van der Waals surface area contributed by atoms with Crippen molar-refractivity contribution in [2.45, 2.75) is 19.6 Å². The molecule has 7 nitrogen and oxygen atoms in total. The summed E-state index contributed by atoms with van der Waals surface area (Å²) in [5.74, 6) is 0.849. The number of benzene rings is 2. The number of anilines is 2. The van der Waals surface area contributed by atoms with Gasteiger partial charge in [-0.3, -0.25) is 4.79 Å². The molecule has 3 rings (SSSR count). The van der Waals surface area contributed by atoms with Crippen LogP contribution < -0.4 is 15.0 Å². The van der Waals surface area contributed by atoms with Crippen molar-refractivity contribution in [2.24, 2.45) is 0 Å². The van der Waals surface area contributed by atoms with Gasteiger partial charge in [0.1, 0.15) is 11.6 Å². The van der Waals surface area contributed by atoms with Crippen LogP contribution in [0.25, 0.3) is 0 Å². The summed E-state index contributed by atoms with van der Waals surface area (Å²) in [6.07, 6.45) is 0.946. The van der Waals surface area contributed by atoms with Crippen LogP contribution in [0, 0.1) is 11.3 Å². The Morgan fingerprint density at radius 3 is 2.48 bits per heavy atom. The zero-order valence-electron chi connectivity index (χ0n) is 16.7. The van der Waals surface area contributed by atoms with Gasteiger partial charge < -0.3 is 15.0 Å². The minimum absolute atomic E-state index is 0.279. The first-order valence-corrected chi connectivity index (χ1v) is 9.22. The van der Waals surface area contributed by atoms with E-state index in [4.69, 9.17) is 10.00 Å². The molecule has 1 unspecified atom stereocenters. The van der Waals surface area contributed by atoms with Crippen LogP contribution in [-0.2, 0) is 11.3 Å². The van der Waals surface area contributed by atoms with Crippen LogP contribution in [0.15, 0.2) is 60.8 Å². The summed E-state index contributed by atoms with van der Waals surface area (Å²) in [5.41, 5.74) is 2.74. The molecule has 7 heteroatoms. The van der Waals surface area contributed by atoms with Gasteiger partial charge in [0.05, 0.1) is 24.4 Å². The quantitative estimate of drug-likeness (QED) is 0.670. The average molecular weight is 389 g/mol. The molecular weight excluding hydrogens is 366 g/mol. The molecule has 1 aromatic heterocycles. The number of nitrogens with zero attached hydrogens (tertiary/aromatic N) is 4. The van der Waals surface area contributed by atoms with Gasteiger partial charge in [0.25, 0.3) is 5.91 Å². The molecule has 0 bridgehead atoms. The highest BCUT2D eigenvalue weighted by Gasteiger charge is 2.17. The molecule has 1 N–H and O–H groups in total. The Balaban J connectivity index is 1.62. The van der Waals surface area contributed by atoms with Crippen LogP contribution >= 0.6 is 0 Å². The highest BCUT2D eigenvalue weighted by molar-refractivity contribution is 5.93. The monoisotopic (exact) mass is 389 g/mol. The lowest BCUT2D eigenvalue weighted by molar-refractivity contribution is -0.122. The number of aromatic nitrogens is 2. The Kier molecular flexibility index (Phi) is 6.15. The summed E-state index contributed by atoms with van der Waals surface area (Å²) in [7, 11) is 3.99. The topological polar surface area (TPSA) is 83.2 Å². The Morgan fingerprint density at radius 1 is 1.17 bits per heavy atom. The number of nitriles is 1. The van der Waals surface area contributed by atoms with Crippen molar-refractivity contribution < 1.29 is 9.53 Å².